The number of aromatic nitrogens is 1. The first-order chi connectivity index (χ1) is 22.8. The summed E-state index contributed by atoms with van der Waals surface area (Å²) in [7, 11) is -3.74. The molecule has 3 aromatic carbocycles. The molecule has 0 radical (unpaired) electrons. The molecule has 1 amide bonds. The van der Waals surface area contributed by atoms with Crippen molar-refractivity contribution in [3.05, 3.63) is 93.5 Å². The Kier molecular flexibility index (Phi) is 10.1. The number of benzene rings is 3. The maximum Gasteiger partial charge on any atom is 0.412 e. The fourth-order valence-electron chi connectivity index (χ4n) is 6.78. The Morgan fingerprint density at radius 1 is 0.958 bits per heavy atom. The molecule has 0 spiro atoms. The molecule has 2 aliphatic rings. The zero-order chi connectivity index (χ0) is 34.2. The molecule has 0 unspecified atom stereocenters. The summed E-state index contributed by atoms with van der Waals surface area (Å²) < 4.78 is 68.9. The summed E-state index contributed by atoms with van der Waals surface area (Å²) in [5.41, 5.74) is 1.28. The van der Waals surface area contributed by atoms with Crippen molar-refractivity contribution in [3.63, 3.8) is 0 Å². The number of likely N-dealkylation sites (tertiary alicyclic amines) is 2. The van der Waals surface area contributed by atoms with Crippen LogP contribution >= 0.6 is 23.2 Å². The van der Waals surface area contributed by atoms with Gasteiger partial charge in [0.15, 0.2) is 15.9 Å². The Morgan fingerprint density at radius 3 is 2.27 bits per heavy atom. The molecule has 0 aliphatic carbocycles. The maximum atomic E-state index is 14.5. The Morgan fingerprint density at radius 2 is 1.65 bits per heavy atom. The van der Waals surface area contributed by atoms with Crippen LogP contribution in [0.1, 0.15) is 53.2 Å². The van der Waals surface area contributed by atoms with Crippen LogP contribution in [0.5, 0.6) is 0 Å². The van der Waals surface area contributed by atoms with Crippen LogP contribution < -0.4 is 5.32 Å². The van der Waals surface area contributed by atoms with E-state index in [0.717, 1.165) is 32.2 Å². The number of nitrogens with one attached hydrogen (secondary N) is 1. The van der Waals surface area contributed by atoms with Crippen molar-refractivity contribution in [2.45, 2.75) is 55.4 Å². The molecule has 2 saturated heterocycles. The van der Waals surface area contributed by atoms with Gasteiger partial charge in [-0.25, -0.2) is 13.4 Å². The van der Waals surface area contributed by atoms with Gasteiger partial charge >= 0.3 is 6.18 Å². The summed E-state index contributed by atoms with van der Waals surface area (Å²) in [4.78, 5) is 23.9. The molecular weight excluding hydrogens is 684 g/mol. The first-order valence-corrected chi connectivity index (χ1v) is 18.5. The van der Waals surface area contributed by atoms with Crippen LogP contribution in [0.4, 0.5) is 13.2 Å². The van der Waals surface area contributed by atoms with Gasteiger partial charge in [0.25, 0.3) is 5.91 Å². The van der Waals surface area contributed by atoms with Gasteiger partial charge in [-0.3, -0.25) is 9.69 Å². The van der Waals surface area contributed by atoms with Crippen molar-refractivity contribution in [3.8, 4) is 11.3 Å². The molecule has 254 valence electrons. The summed E-state index contributed by atoms with van der Waals surface area (Å²) >= 11 is 12.7. The van der Waals surface area contributed by atoms with E-state index in [2.05, 4.69) is 15.1 Å². The molecule has 1 aromatic heterocycles. The average Bonchev–Trinajstić information content (AvgIpc) is 3.59. The van der Waals surface area contributed by atoms with Gasteiger partial charge in [0, 0.05) is 35.4 Å². The van der Waals surface area contributed by atoms with Crippen LogP contribution in [0.2, 0.25) is 10.0 Å². The number of carbonyl (C=O) groups excluding carboxylic acids is 1. The molecular formula is C35H35Cl2F3N4O3S. The Hall–Kier alpha value is -3.22. The van der Waals surface area contributed by atoms with Crippen molar-refractivity contribution in [1.29, 1.82) is 0 Å². The van der Waals surface area contributed by atoms with Crippen molar-refractivity contribution in [2.24, 2.45) is 0 Å². The van der Waals surface area contributed by atoms with Crippen LogP contribution in [0.25, 0.3) is 22.2 Å². The van der Waals surface area contributed by atoms with Gasteiger partial charge in [-0.15, -0.1) is 0 Å². The van der Waals surface area contributed by atoms with Gasteiger partial charge in [-0.2, -0.15) is 13.2 Å². The number of fused-ring (bicyclic) bond motifs is 1. The molecule has 2 aliphatic heterocycles. The highest BCUT2D eigenvalue weighted by atomic mass is 35.5. The minimum Gasteiger partial charge on any atom is -0.337 e. The minimum atomic E-state index is -4.82. The number of sulfone groups is 1. The first-order valence-electron chi connectivity index (χ1n) is 15.8. The monoisotopic (exact) mass is 718 g/mol. The Labute approximate surface area is 288 Å². The number of alkyl halides is 3. The van der Waals surface area contributed by atoms with E-state index in [4.69, 9.17) is 28.2 Å². The number of nitrogens with zero attached hydrogens (tertiary/aromatic N) is 3. The lowest BCUT2D eigenvalue weighted by atomic mass is 9.94. The smallest absolute Gasteiger partial charge is 0.337 e. The number of piperidine rings is 1. The van der Waals surface area contributed by atoms with E-state index < -0.39 is 28.0 Å². The van der Waals surface area contributed by atoms with Gasteiger partial charge in [-0.1, -0.05) is 59.6 Å². The van der Waals surface area contributed by atoms with E-state index in [0.29, 0.717) is 41.0 Å². The molecule has 6 rings (SSSR count). The predicted molar refractivity (Wildman–Crippen MR) is 182 cm³/mol. The maximum absolute atomic E-state index is 14.5. The minimum absolute atomic E-state index is 0.0709. The van der Waals surface area contributed by atoms with E-state index in [1.54, 1.807) is 24.3 Å². The van der Waals surface area contributed by atoms with Crippen LogP contribution in [0, 0.1) is 0 Å². The summed E-state index contributed by atoms with van der Waals surface area (Å²) in [6.07, 6.45) is 0.408. The van der Waals surface area contributed by atoms with Gasteiger partial charge in [0.05, 0.1) is 31.7 Å². The van der Waals surface area contributed by atoms with Crippen LogP contribution in [-0.2, 0) is 16.4 Å². The van der Waals surface area contributed by atoms with Gasteiger partial charge in [-0.05, 0) is 87.8 Å². The SMILES string of the molecule is CS(=O)(=O)c1ccc2nc(-c3ccc(Cl)c(Cl)c3)c(CN3CCC(N4CCCC4)CC3)c(C(=O)N[C@H](c3ccccc3)C(F)(F)F)c2c1. The average molecular weight is 720 g/mol. The lowest BCUT2D eigenvalue weighted by Gasteiger charge is -2.37. The second-order valence-electron chi connectivity index (χ2n) is 12.5. The van der Waals surface area contributed by atoms with Gasteiger partial charge in [0.1, 0.15) is 0 Å². The number of halogens is 5. The lowest BCUT2D eigenvalue weighted by molar-refractivity contribution is -0.155. The number of carbonyl (C=O) groups is 1. The fraction of sp³-hybridized carbons (Fsp3) is 0.371. The first kappa shape index (κ1) is 34.6. The second-order valence-corrected chi connectivity index (χ2v) is 15.3. The third kappa shape index (κ3) is 7.50. The Bertz CT molecular complexity index is 1930. The Balaban J connectivity index is 1.52. The molecule has 3 heterocycles. The van der Waals surface area contributed by atoms with Crippen LogP contribution in [0.3, 0.4) is 0 Å². The van der Waals surface area contributed by atoms with E-state index in [1.165, 1.54) is 55.3 Å². The molecule has 0 bridgehead atoms. The molecule has 48 heavy (non-hydrogen) atoms. The number of amides is 1. The fourth-order valence-corrected chi connectivity index (χ4v) is 7.73. The normalized spacial score (nSPS) is 17.5. The highest BCUT2D eigenvalue weighted by molar-refractivity contribution is 7.90. The molecule has 4 aromatic rings. The van der Waals surface area contributed by atoms with Crippen LogP contribution in [0.15, 0.2) is 71.6 Å². The van der Waals surface area contributed by atoms with Crippen molar-refractivity contribution in [2.75, 3.05) is 32.4 Å². The van der Waals surface area contributed by atoms with E-state index in [9.17, 15) is 26.4 Å². The summed E-state index contributed by atoms with van der Waals surface area (Å²) in [6, 6.07) is 14.3. The molecule has 1 atom stereocenters. The van der Waals surface area contributed by atoms with Gasteiger partial charge < -0.3 is 10.2 Å². The van der Waals surface area contributed by atoms with E-state index in [-0.39, 0.29) is 38.5 Å². The topological polar surface area (TPSA) is 82.6 Å². The van der Waals surface area contributed by atoms with Crippen molar-refractivity contribution >= 4 is 49.8 Å². The number of hydrogen-bond donors (Lipinski definition) is 1. The summed E-state index contributed by atoms with van der Waals surface area (Å²) in [6.45, 7) is 3.77. The molecule has 0 saturated carbocycles. The molecule has 2 fully saturated rings. The van der Waals surface area contributed by atoms with Crippen molar-refractivity contribution < 1.29 is 26.4 Å². The molecule has 7 nitrogen and oxygen atoms in total. The zero-order valence-corrected chi connectivity index (χ0v) is 28.6. The van der Waals surface area contributed by atoms with E-state index in [1.807, 2.05) is 0 Å². The zero-order valence-electron chi connectivity index (χ0n) is 26.2. The summed E-state index contributed by atoms with van der Waals surface area (Å²) in [5.74, 6) is -0.998. The highest BCUT2D eigenvalue weighted by Gasteiger charge is 2.42. The number of rotatable bonds is 8. The van der Waals surface area contributed by atoms with Gasteiger partial charge in [0.2, 0.25) is 0 Å². The van der Waals surface area contributed by atoms with Crippen LogP contribution in [-0.4, -0.2) is 73.8 Å². The number of pyridine rings is 1. The lowest BCUT2D eigenvalue weighted by Crippen LogP contribution is -2.44. The third-order valence-corrected chi connectivity index (χ3v) is 11.1. The molecule has 1 N–H and O–H groups in total. The molecule has 13 heteroatoms. The quantitative estimate of drug-likeness (QED) is 0.201. The second kappa shape index (κ2) is 14.0. The third-order valence-electron chi connectivity index (χ3n) is 9.24. The van der Waals surface area contributed by atoms with Crippen molar-refractivity contribution in [1.82, 2.24) is 20.1 Å². The highest BCUT2D eigenvalue weighted by Crippen LogP contribution is 2.38. The summed E-state index contributed by atoms with van der Waals surface area (Å²) in [5, 5.41) is 2.93. The predicted octanol–water partition coefficient (Wildman–Crippen LogP) is 7.71. The number of hydrogen-bond acceptors (Lipinski definition) is 6. The largest absolute Gasteiger partial charge is 0.412 e. The van der Waals surface area contributed by atoms with E-state index >= 15 is 0 Å². The standard InChI is InChI=1S/C35H35Cl2F3N4O3S/c1-48(46,47)25-10-12-30-26(20-25)31(34(45)42-33(35(38,39)40)22-7-3-2-4-8-22)27(32(41-30)23-9-11-28(36)29(37)19-23)21-43-17-13-24(14-18-43)44-15-5-6-16-44/h2-4,7-12,19-20,24,33H,5-6,13-18,21H2,1H3,(H,42,45)/t33-/m1/s1.